The van der Waals surface area contributed by atoms with Gasteiger partial charge in [0.2, 0.25) is 0 Å². The molecule has 0 aliphatic heterocycles. The highest BCUT2D eigenvalue weighted by Gasteiger charge is 2.31. The van der Waals surface area contributed by atoms with Gasteiger partial charge in [-0.3, -0.25) is 0 Å². The average Bonchev–Trinajstić information content (AvgIpc) is 2.77. The Hall–Kier alpha value is -0.410. The molecule has 0 radical (unpaired) electrons. The van der Waals surface area contributed by atoms with Gasteiger partial charge in [0.15, 0.2) is 0 Å². The Morgan fingerprint density at radius 3 is 2.74 bits per heavy atom. The van der Waals surface area contributed by atoms with Crippen LogP contribution in [-0.2, 0) is 6.42 Å². The lowest BCUT2D eigenvalue weighted by molar-refractivity contribution is 0.145. The van der Waals surface area contributed by atoms with Crippen molar-refractivity contribution in [3.8, 4) is 0 Å². The smallest absolute Gasteiger partial charge is 0.0897 e. The van der Waals surface area contributed by atoms with Crippen molar-refractivity contribution in [2.45, 2.75) is 46.5 Å². The molecule has 3 heteroatoms. The molecule has 3 unspecified atom stereocenters. The number of aromatic nitrogens is 1. The van der Waals surface area contributed by atoms with Crippen LogP contribution in [0, 0.1) is 30.6 Å². The van der Waals surface area contributed by atoms with Crippen LogP contribution in [0.4, 0.5) is 0 Å². The predicted molar refractivity (Wildman–Crippen MR) is 83.6 cm³/mol. The molecular weight excluding hydrogens is 252 g/mol. The Labute approximate surface area is 122 Å². The first kappa shape index (κ1) is 15.0. The summed E-state index contributed by atoms with van der Waals surface area (Å²) in [7, 11) is 2.08. The van der Waals surface area contributed by atoms with E-state index in [1.54, 1.807) is 11.3 Å². The summed E-state index contributed by atoms with van der Waals surface area (Å²) in [6.45, 7) is 8.04. The lowest BCUT2D eigenvalue weighted by Gasteiger charge is -2.37. The lowest BCUT2D eigenvalue weighted by Crippen LogP contribution is -2.34. The summed E-state index contributed by atoms with van der Waals surface area (Å²) >= 11 is 1.79. The van der Waals surface area contributed by atoms with Crippen LogP contribution >= 0.6 is 11.3 Å². The van der Waals surface area contributed by atoms with Gasteiger partial charge in [-0.2, -0.15) is 0 Å². The molecule has 0 bridgehead atoms. The Bertz CT molecular complexity index is 386. The van der Waals surface area contributed by atoms with Gasteiger partial charge in [-0.1, -0.05) is 13.8 Å². The van der Waals surface area contributed by atoms with E-state index in [9.17, 15) is 0 Å². The highest BCUT2D eigenvalue weighted by Crippen LogP contribution is 2.39. The van der Waals surface area contributed by atoms with Crippen LogP contribution in [0.5, 0.6) is 0 Å². The molecule has 1 aromatic heterocycles. The van der Waals surface area contributed by atoms with E-state index < -0.39 is 0 Å². The topological polar surface area (TPSA) is 24.9 Å². The van der Waals surface area contributed by atoms with Gasteiger partial charge in [0.1, 0.15) is 0 Å². The molecule has 3 atom stereocenters. The van der Waals surface area contributed by atoms with Crippen molar-refractivity contribution in [2.24, 2.45) is 23.7 Å². The number of aryl methyl sites for hydroxylation is 1. The number of nitrogens with zero attached hydrogens (tertiary/aromatic N) is 1. The van der Waals surface area contributed by atoms with Crippen LogP contribution in [0.15, 0.2) is 5.38 Å². The summed E-state index contributed by atoms with van der Waals surface area (Å²) in [5, 5.41) is 6.84. The van der Waals surface area contributed by atoms with Crippen molar-refractivity contribution < 1.29 is 0 Å². The minimum atomic E-state index is 0.815. The summed E-state index contributed by atoms with van der Waals surface area (Å²) in [4.78, 5) is 4.67. The van der Waals surface area contributed by atoms with E-state index in [1.165, 1.54) is 42.9 Å². The fourth-order valence-corrected chi connectivity index (χ4v) is 4.15. The van der Waals surface area contributed by atoms with Crippen molar-refractivity contribution >= 4 is 11.3 Å². The van der Waals surface area contributed by atoms with Crippen LogP contribution in [-0.4, -0.2) is 18.6 Å². The molecule has 1 aromatic rings. The van der Waals surface area contributed by atoms with Gasteiger partial charge in [0.25, 0.3) is 0 Å². The molecule has 0 aromatic carbocycles. The van der Waals surface area contributed by atoms with E-state index in [0.717, 1.165) is 23.7 Å². The first-order valence-electron chi connectivity index (χ1n) is 7.65. The minimum Gasteiger partial charge on any atom is -0.319 e. The number of nitrogens with one attached hydrogen (secondary N) is 1. The molecule has 1 heterocycles. The molecule has 1 aliphatic carbocycles. The summed E-state index contributed by atoms with van der Waals surface area (Å²) in [5.74, 6) is 3.39. The maximum atomic E-state index is 4.67. The number of thiazole rings is 1. The van der Waals surface area contributed by atoms with Gasteiger partial charge in [-0.15, -0.1) is 11.3 Å². The van der Waals surface area contributed by atoms with Crippen molar-refractivity contribution in [1.82, 2.24) is 10.3 Å². The van der Waals surface area contributed by atoms with Gasteiger partial charge in [-0.05, 0) is 69.9 Å². The van der Waals surface area contributed by atoms with Crippen molar-refractivity contribution in [3.63, 3.8) is 0 Å². The lowest BCUT2D eigenvalue weighted by atomic mass is 9.69. The number of rotatable bonds is 5. The molecule has 0 amide bonds. The van der Waals surface area contributed by atoms with Crippen molar-refractivity contribution in [1.29, 1.82) is 0 Å². The fraction of sp³-hybridized carbons (Fsp3) is 0.812. The Balaban J connectivity index is 2.02. The molecule has 0 saturated heterocycles. The van der Waals surface area contributed by atoms with Crippen LogP contribution < -0.4 is 5.32 Å². The molecule has 1 saturated carbocycles. The van der Waals surface area contributed by atoms with E-state index in [4.69, 9.17) is 0 Å². The largest absolute Gasteiger partial charge is 0.319 e. The highest BCUT2D eigenvalue weighted by atomic mass is 32.1. The highest BCUT2D eigenvalue weighted by molar-refractivity contribution is 7.09. The van der Waals surface area contributed by atoms with Crippen molar-refractivity contribution in [3.05, 3.63) is 16.1 Å². The zero-order chi connectivity index (χ0) is 13.8. The maximum Gasteiger partial charge on any atom is 0.0897 e. The summed E-state index contributed by atoms with van der Waals surface area (Å²) in [5.41, 5.74) is 1.32. The van der Waals surface area contributed by atoms with Gasteiger partial charge in [0.05, 0.1) is 10.7 Å². The third-order valence-corrected chi connectivity index (χ3v) is 5.55. The van der Waals surface area contributed by atoms with Crippen LogP contribution in [0.25, 0.3) is 0 Å². The quantitative estimate of drug-likeness (QED) is 0.885. The summed E-state index contributed by atoms with van der Waals surface area (Å²) in [6.07, 6.45) is 5.37. The van der Waals surface area contributed by atoms with E-state index >= 15 is 0 Å². The molecule has 2 nitrogen and oxygen atoms in total. The molecule has 1 fully saturated rings. The SMILES string of the molecule is CNCC1CCC(C(C)C)CC1Cc1csc(C)n1. The first-order valence-corrected chi connectivity index (χ1v) is 8.53. The standard InChI is InChI=1S/C16H28N2S/c1-11(2)13-5-6-14(9-17-4)15(7-13)8-16-10-19-12(3)18-16/h10-11,13-15,17H,5-9H2,1-4H3. The molecular formula is C16H28N2S. The maximum absolute atomic E-state index is 4.67. The minimum absolute atomic E-state index is 0.815. The molecule has 0 spiro atoms. The third-order valence-electron chi connectivity index (χ3n) is 4.73. The first-order chi connectivity index (χ1) is 9.10. The van der Waals surface area contributed by atoms with E-state index in [0.29, 0.717) is 0 Å². The Kier molecular flexibility index (Phi) is 5.40. The van der Waals surface area contributed by atoms with Crippen LogP contribution in [0.3, 0.4) is 0 Å². The van der Waals surface area contributed by atoms with Crippen molar-refractivity contribution in [2.75, 3.05) is 13.6 Å². The molecule has 2 rings (SSSR count). The molecule has 1 N–H and O–H groups in total. The predicted octanol–water partition coefficient (Wildman–Crippen LogP) is 3.90. The van der Waals surface area contributed by atoms with E-state index in [-0.39, 0.29) is 0 Å². The number of hydrogen-bond donors (Lipinski definition) is 1. The third kappa shape index (κ3) is 4.03. The van der Waals surface area contributed by atoms with Gasteiger partial charge in [-0.25, -0.2) is 4.98 Å². The average molecular weight is 280 g/mol. The Morgan fingerprint density at radius 1 is 1.37 bits per heavy atom. The van der Waals surface area contributed by atoms with E-state index in [2.05, 4.69) is 43.5 Å². The fourth-order valence-electron chi connectivity index (χ4n) is 3.52. The molecule has 19 heavy (non-hydrogen) atoms. The second-order valence-electron chi connectivity index (χ2n) is 6.46. The molecule has 1 aliphatic rings. The van der Waals surface area contributed by atoms with Gasteiger partial charge >= 0.3 is 0 Å². The van der Waals surface area contributed by atoms with Crippen LogP contribution in [0.2, 0.25) is 0 Å². The second-order valence-corrected chi connectivity index (χ2v) is 7.52. The normalized spacial score (nSPS) is 27.9. The van der Waals surface area contributed by atoms with Gasteiger partial charge in [0, 0.05) is 5.38 Å². The monoisotopic (exact) mass is 280 g/mol. The second kappa shape index (κ2) is 6.85. The Morgan fingerprint density at radius 2 is 2.16 bits per heavy atom. The number of hydrogen-bond acceptors (Lipinski definition) is 3. The van der Waals surface area contributed by atoms with E-state index in [1.807, 2.05) is 0 Å². The summed E-state index contributed by atoms with van der Waals surface area (Å²) < 4.78 is 0. The van der Waals surface area contributed by atoms with Gasteiger partial charge < -0.3 is 5.32 Å². The molecule has 108 valence electrons. The summed E-state index contributed by atoms with van der Waals surface area (Å²) in [6, 6.07) is 0. The zero-order valence-electron chi connectivity index (χ0n) is 12.8. The zero-order valence-corrected chi connectivity index (χ0v) is 13.6. The van der Waals surface area contributed by atoms with Crippen LogP contribution in [0.1, 0.15) is 43.8 Å².